The molecule has 1 aromatic carbocycles. The molecule has 0 N–H and O–H groups in total. The van der Waals surface area contributed by atoms with E-state index < -0.39 is 22.8 Å². The van der Waals surface area contributed by atoms with Gasteiger partial charge >= 0.3 is 6.18 Å². The molecule has 0 spiro atoms. The lowest BCUT2D eigenvalue weighted by Crippen LogP contribution is -2.10. The molecule has 0 aliphatic heterocycles. The lowest BCUT2D eigenvalue weighted by molar-refractivity contribution is -0.137. The number of alkyl halides is 3. The molecule has 0 aromatic heterocycles. The van der Waals surface area contributed by atoms with Crippen LogP contribution in [0.3, 0.4) is 0 Å². The van der Waals surface area contributed by atoms with Gasteiger partial charge in [0.15, 0.2) is 0 Å². The van der Waals surface area contributed by atoms with Crippen LogP contribution in [0.2, 0.25) is 0 Å². The van der Waals surface area contributed by atoms with Crippen molar-refractivity contribution in [3.05, 3.63) is 29.3 Å². The molecule has 1 fully saturated rings. The Hall–Kier alpha value is -0.880. The monoisotopic (exact) mass is 263 g/mol. The number of benzene rings is 1. The van der Waals surface area contributed by atoms with E-state index in [0.29, 0.717) is 11.6 Å². The first-order valence-corrected chi connectivity index (χ1v) is 6.12. The molecule has 1 atom stereocenters. The Bertz CT molecular complexity index is 455. The third kappa shape index (κ3) is 2.52. The summed E-state index contributed by atoms with van der Waals surface area (Å²) in [7, 11) is 0. The second-order valence-corrected chi connectivity index (χ2v) is 5.48. The molecule has 0 radical (unpaired) electrons. The van der Waals surface area contributed by atoms with Gasteiger partial charge in [-0.1, -0.05) is 6.92 Å². The lowest BCUT2D eigenvalue weighted by Gasteiger charge is -2.16. The van der Waals surface area contributed by atoms with Gasteiger partial charge in [-0.3, -0.25) is 4.21 Å². The topological polar surface area (TPSA) is 40.1 Å². The number of rotatable bonds is 2. The highest BCUT2D eigenvalue weighted by Crippen LogP contribution is 2.49. The summed E-state index contributed by atoms with van der Waals surface area (Å²) in [5.74, 6) is 0. The van der Waals surface area contributed by atoms with Crippen molar-refractivity contribution in [2.75, 3.05) is 0 Å². The van der Waals surface area contributed by atoms with Crippen LogP contribution in [0.1, 0.15) is 30.9 Å². The van der Waals surface area contributed by atoms with Crippen molar-refractivity contribution in [1.29, 1.82) is 0 Å². The quantitative estimate of drug-likeness (QED) is 0.769. The van der Waals surface area contributed by atoms with Gasteiger partial charge in [0.2, 0.25) is 0 Å². The molecule has 1 unspecified atom stereocenters. The minimum Gasteiger partial charge on any atom is -0.768 e. The van der Waals surface area contributed by atoms with Crippen LogP contribution in [0, 0.1) is 0 Å². The predicted molar refractivity (Wildman–Crippen MR) is 55.2 cm³/mol. The molecule has 1 saturated carbocycles. The van der Waals surface area contributed by atoms with E-state index in [0.717, 1.165) is 18.9 Å². The molecule has 94 valence electrons. The summed E-state index contributed by atoms with van der Waals surface area (Å²) in [6.07, 6.45) is -2.94. The average Bonchev–Trinajstić information content (AvgIpc) is 2.96. The van der Waals surface area contributed by atoms with E-state index in [1.807, 2.05) is 6.92 Å². The third-order valence-corrected chi connectivity index (χ3v) is 3.74. The molecule has 6 heteroatoms. The Kier molecular flexibility index (Phi) is 2.82. The minimum atomic E-state index is -4.52. The summed E-state index contributed by atoms with van der Waals surface area (Å²) >= 11 is -2.64. The molecular formula is C11H10F3O2S-. The second-order valence-electron chi connectivity index (χ2n) is 4.54. The van der Waals surface area contributed by atoms with Gasteiger partial charge in [-0.2, -0.15) is 13.2 Å². The zero-order valence-corrected chi connectivity index (χ0v) is 9.82. The van der Waals surface area contributed by atoms with Crippen LogP contribution in [0.15, 0.2) is 23.1 Å². The summed E-state index contributed by atoms with van der Waals surface area (Å²) < 4.78 is 59.5. The van der Waals surface area contributed by atoms with Crippen LogP contribution in [0.25, 0.3) is 0 Å². The maximum Gasteiger partial charge on any atom is 0.416 e. The van der Waals surface area contributed by atoms with Crippen molar-refractivity contribution >= 4 is 11.1 Å². The molecule has 1 aliphatic carbocycles. The first-order valence-electron chi connectivity index (χ1n) is 5.04. The molecule has 0 heterocycles. The van der Waals surface area contributed by atoms with Gasteiger partial charge in [0.1, 0.15) is 0 Å². The van der Waals surface area contributed by atoms with Gasteiger partial charge < -0.3 is 4.55 Å². The zero-order chi connectivity index (χ0) is 12.8. The van der Waals surface area contributed by atoms with Crippen molar-refractivity contribution in [2.45, 2.75) is 36.3 Å². The largest absolute Gasteiger partial charge is 0.768 e. The van der Waals surface area contributed by atoms with Crippen LogP contribution in [-0.2, 0) is 22.7 Å². The molecule has 2 nitrogen and oxygen atoms in total. The summed E-state index contributed by atoms with van der Waals surface area (Å²) in [6.45, 7) is 1.83. The second kappa shape index (κ2) is 3.81. The van der Waals surface area contributed by atoms with Crippen LogP contribution in [0.5, 0.6) is 0 Å². The zero-order valence-electron chi connectivity index (χ0n) is 9.00. The molecule has 1 aromatic rings. The van der Waals surface area contributed by atoms with Gasteiger partial charge in [0.25, 0.3) is 0 Å². The van der Waals surface area contributed by atoms with Crippen molar-refractivity contribution in [3.8, 4) is 0 Å². The highest BCUT2D eigenvalue weighted by molar-refractivity contribution is 7.79. The summed E-state index contributed by atoms with van der Waals surface area (Å²) in [5.41, 5.74) is -0.746. The van der Waals surface area contributed by atoms with Crippen molar-refractivity contribution in [2.24, 2.45) is 0 Å². The van der Waals surface area contributed by atoms with Crippen LogP contribution in [0.4, 0.5) is 13.2 Å². The summed E-state index contributed by atoms with van der Waals surface area (Å²) in [4.78, 5) is -0.303. The van der Waals surface area contributed by atoms with E-state index in [1.165, 1.54) is 6.07 Å². The maximum absolute atomic E-state index is 12.6. The van der Waals surface area contributed by atoms with E-state index in [9.17, 15) is 21.9 Å². The van der Waals surface area contributed by atoms with E-state index >= 15 is 0 Å². The van der Waals surface area contributed by atoms with Crippen molar-refractivity contribution in [3.63, 3.8) is 0 Å². The van der Waals surface area contributed by atoms with Crippen LogP contribution in [-0.4, -0.2) is 8.76 Å². The first kappa shape index (κ1) is 12.6. The van der Waals surface area contributed by atoms with Gasteiger partial charge in [-0.25, -0.2) is 0 Å². The number of hydrogen-bond acceptors (Lipinski definition) is 2. The molecule has 0 saturated heterocycles. The Balaban J connectivity index is 2.54. The predicted octanol–water partition coefficient (Wildman–Crippen LogP) is 2.99. The van der Waals surface area contributed by atoms with Gasteiger partial charge in [-0.05, 0) is 53.1 Å². The van der Waals surface area contributed by atoms with Gasteiger partial charge in [-0.15, -0.1) is 0 Å². The van der Waals surface area contributed by atoms with Crippen molar-refractivity contribution < 1.29 is 21.9 Å². The highest BCUT2D eigenvalue weighted by Gasteiger charge is 2.41. The first-order chi connectivity index (χ1) is 7.72. The fraction of sp³-hybridized carbons (Fsp3) is 0.455. The van der Waals surface area contributed by atoms with Gasteiger partial charge in [0, 0.05) is 4.90 Å². The van der Waals surface area contributed by atoms with E-state index in [1.54, 1.807) is 0 Å². The molecule has 17 heavy (non-hydrogen) atoms. The van der Waals surface area contributed by atoms with Gasteiger partial charge in [0.05, 0.1) is 5.56 Å². The number of hydrogen-bond donors (Lipinski definition) is 0. The smallest absolute Gasteiger partial charge is 0.416 e. The average molecular weight is 263 g/mol. The van der Waals surface area contributed by atoms with Crippen LogP contribution >= 0.6 is 0 Å². The Morgan fingerprint density at radius 2 is 1.88 bits per heavy atom. The maximum atomic E-state index is 12.6. The Morgan fingerprint density at radius 1 is 1.29 bits per heavy atom. The minimum absolute atomic E-state index is 0.296. The molecule has 0 amide bonds. The molecular weight excluding hydrogens is 253 g/mol. The van der Waals surface area contributed by atoms with E-state index in [-0.39, 0.29) is 10.3 Å². The van der Waals surface area contributed by atoms with Crippen LogP contribution < -0.4 is 0 Å². The fourth-order valence-electron chi connectivity index (χ4n) is 1.68. The third-order valence-electron chi connectivity index (χ3n) is 3.12. The standard InChI is InChI=1S/C11H11F3O2S/c1-10(2-3-10)7-4-8(11(12,13)14)6-9(5-7)17(15)16/h4-6H,2-3H2,1H3,(H,15,16)/p-1. The lowest BCUT2D eigenvalue weighted by atomic mass is 9.96. The van der Waals surface area contributed by atoms with E-state index in [2.05, 4.69) is 0 Å². The Morgan fingerprint density at radius 3 is 2.29 bits per heavy atom. The molecule has 0 bridgehead atoms. The van der Waals surface area contributed by atoms with E-state index in [4.69, 9.17) is 0 Å². The number of halogens is 3. The normalized spacial score (nSPS) is 20.1. The Labute approximate surface area is 99.1 Å². The van der Waals surface area contributed by atoms with Crippen molar-refractivity contribution in [1.82, 2.24) is 0 Å². The SMILES string of the molecule is CC1(c2cc(S(=O)[O-])cc(C(F)(F)F)c2)CC1. The summed E-state index contributed by atoms with van der Waals surface area (Å²) in [6, 6.07) is 3.03. The molecule has 2 rings (SSSR count). The highest BCUT2D eigenvalue weighted by atomic mass is 32.2. The summed E-state index contributed by atoms with van der Waals surface area (Å²) in [5, 5.41) is 0. The molecule has 1 aliphatic rings. The fourth-order valence-corrected chi connectivity index (χ4v) is 2.13.